The Bertz CT molecular complexity index is 662. The Morgan fingerprint density at radius 2 is 1.91 bits per heavy atom. The van der Waals surface area contributed by atoms with Crippen molar-refractivity contribution in [2.24, 2.45) is 0 Å². The Morgan fingerprint density at radius 1 is 1.18 bits per heavy atom. The number of aromatic nitrogens is 2. The lowest BCUT2D eigenvalue weighted by atomic mass is 9.98. The molecule has 0 saturated heterocycles. The topological polar surface area (TPSA) is 45.8 Å². The minimum Gasteiger partial charge on any atom is -0.301 e. The van der Waals surface area contributed by atoms with Gasteiger partial charge in [0.05, 0.1) is 5.69 Å². The van der Waals surface area contributed by atoms with Gasteiger partial charge in [0, 0.05) is 17.2 Å². The summed E-state index contributed by atoms with van der Waals surface area (Å²) in [6, 6.07) is 11.9. The molecule has 22 heavy (non-hydrogen) atoms. The average Bonchev–Trinajstić information content (AvgIpc) is 2.55. The lowest BCUT2D eigenvalue weighted by Gasteiger charge is -2.20. The van der Waals surface area contributed by atoms with Crippen LogP contribution < -0.4 is 5.56 Å². The summed E-state index contributed by atoms with van der Waals surface area (Å²) < 4.78 is 0. The molecule has 1 saturated carbocycles. The molecule has 1 N–H and O–H groups in total. The second kappa shape index (κ2) is 7.14. The summed E-state index contributed by atoms with van der Waals surface area (Å²) in [4.78, 5) is 19.6. The summed E-state index contributed by atoms with van der Waals surface area (Å²) in [6.45, 7) is 2.10. The largest absolute Gasteiger partial charge is 0.301 e. The Balaban J connectivity index is 1.81. The molecule has 0 aliphatic heterocycles. The normalized spacial score (nSPS) is 17.3. The minimum atomic E-state index is -0.0499. The lowest BCUT2D eigenvalue weighted by molar-refractivity contribution is 0.515. The van der Waals surface area contributed by atoms with Gasteiger partial charge in [0.2, 0.25) is 0 Å². The van der Waals surface area contributed by atoms with Crippen LogP contribution in [0.2, 0.25) is 0 Å². The van der Waals surface area contributed by atoms with Crippen LogP contribution in [0.25, 0.3) is 0 Å². The molecular weight excluding hydrogens is 292 g/mol. The Labute approximate surface area is 135 Å². The molecule has 0 bridgehead atoms. The maximum Gasteiger partial charge on any atom is 0.251 e. The van der Waals surface area contributed by atoms with Crippen LogP contribution in [0.1, 0.15) is 56.2 Å². The first-order valence-electron chi connectivity index (χ1n) is 8.05. The predicted octanol–water partition coefficient (Wildman–Crippen LogP) is 4.35. The van der Waals surface area contributed by atoms with Gasteiger partial charge in [-0.1, -0.05) is 68.3 Å². The van der Waals surface area contributed by atoms with Crippen molar-refractivity contribution in [3.63, 3.8) is 0 Å². The van der Waals surface area contributed by atoms with E-state index in [4.69, 9.17) is 4.98 Å². The minimum absolute atomic E-state index is 0.0499. The smallest absolute Gasteiger partial charge is 0.251 e. The van der Waals surface area contributed by atoms with Gasteiger partial charge in [0.25, 0.3) is 5.56 Å². The highest BCUT2D eigenvalue weighted by Crippen LogP contribution is 2.32. The summed E-state index contributed by atoms with van der Waals surface area (Å²) >= 11 is 1.74. The first-order chi connectivity index (χ1) is 10.7. The molecule has 0 radical (unpaired) electrons. The summed E-state index contributed by atoms with van der Waals surface area (Å²) in [6.07, 6.45) is 6.38. The van der Waals surface area contributed by atoms with Gasteiger partial charge in [-0.2, -0.15) is 0 Å². The van der Waals surface area contributed by atoms with Crippen LogP contribution >= 0.6 is 11.8 Å². The van der Waals surface area contributed by atoms with Crippen molar-refractivity contribution < 1.29 is 0 Å². The number of aromatic amines is 1. The fourth-order valence-electron chi connectivity index (χ4n) is 2.98. The fourth-order valence-corrected chi connectivity index (χ4v) is 4.19. The molecule has 1 aliphatic carbocycles. The monoisotopic (exact) mass is 314 g/mol. The van der Waals surface area contributed by atoms with Crippen LogP contribution in [0.3, 0.4) is 0 Å². The molecule has 2 aromatic rings. The van der Waals surface area contributed by atoms with Crippen molar-refractivity contribution in [3.05, 3.63) is 58.0 Å². The molecule has 0 amide bonds. The van der Waals surface area contributed by atoms with Crippen LogP contribution in [0.4, 0.5) is 0 Å². The van der Waals surface area contributed by atoms with Crippen LogP contribution in [-0.4, -0.2) is 15.2 Å². The number of hydrogen-bond donors (Lipinski definition) is 1. The first kappa shape index (κ1) is 15.3. The number of nitrogens with one attached hydrogen (secondary N) is 1. The molecule has 0 spiro atoms. The highest BCUT2D eigenvalue weighted by atomic mass is 32.2. The molecular formula is C18H22N2OS. The van der Waals surface area contributed by atoms with Gasteiger partial charge < -0.3 is 4.98 Å². The van der Waals surface area contributed by atoms with E-state index in [1.807, 2.05) is 18.2 Å². The third-order valence-corrected chi connectivity index (χ3v) is 5.53. The predicted molar refractivity (Wildman–Crippen MR) is 91.5 cm³/mol. The molecule has 1 aromatic carbocycles. The van der Waals surface area contributed by atoms with Crippen LogP contribution in [-0.2, 0) is 0 Å². The van der Waals surface area contributed by atoms with E-state index in [1.54, 1.807) is 17.8 Å². The fraction of sp³-hybridized carbons (Fsp3) is 0.444. The van der Waals surface area contributed by atoms with E-state index >= 15 is 0 Å². The molecule has 0 unspecified atom stereocenters. The van der Waals surface area contributed by atoms with Crippen molar-refractivity contribution in [1.82, 2.24) is 9.97 Å². The standard InChI is InChI=1S/C18H22N2OS/c1-13(14-8-4-2-5-9-14)16-12-17(21)20-18(19-16)22-15-10-6-3-7-11-15/h2,4-5,8-9,12-13,15H,3,6-7,10-11H2,1H3,(H,19,20,21)/t13-/m1/s1. The quantitative estimate of drug-likeness (QED) is 0.854. The third kappa shape index (κ3) is 3.80. The molecule has 1 fully saturated rings. The van der Waals surface area contributed by atoms with Crippen molar-refractivity contribution in [3.8, 4) is 0 Å². The van der Waals surface area contributed by atoms with Gasteiger partial charge in [-0.15, -0.1) is 0 Å². The van der Waals surface area contributed by atoms with Crippen molar-refractivity contribution in [2.75, 3.05) is 0 Å². The van der Waals surface area contributed by atoms with E-state index in [0.717, 1.165) is 10.9 Å². The van der Waals surface area contributed by atoms with E-state index in [2.05, 4.69) is 24.0 Å². The van der Waals surface area contributed by atoms with Gasteiger partial charge in [-0.25, -0.2) is 4.98 Å². The molecule has 1 aromatic heterocycles. The zero-order chi connectivity index (χ0) is 15.4. The Kier molecular flexibility index (Phi) is 4.98. The second-order valence-electron chi connectivity index (χ2n) is 5.99. The average molecular weight is 314 g/mol. The van der Waals surface area contributed by atoms with E-state index in [9.17, 15) is 4.79 Å². The van der Waals surface area contributed by atoms with Gasteiger partial charge in [0.1, 0.15) is 0 Å². The number of rotatable bonds is 4. The highest BCUT2D eigenvalue weighted by Gasteiger charge is 2.17. The van der Waals surface area contributed by atoms with Gasteiger partial charge in [0.15, 0.2) is 5.16 Å². The summed E-state index contributed by atoms with van der Waals surface area (Å²) in [5.74, 6) is 0.134. The van der Waals surface area contributed by atoms with Crippen molar-refractivity contribution in [1.29, 1.82) is 0 Å². The molecule has 3 nitrogen and oxygen atoms in total. The molecule has 116 valence electrons. The van der Waals surface area contributed by atoms with E-state index in [0.29, 0.717) is 5.25 Å². The van der Waals surface area contributed by atoms with Gasteiger partial charge in [-0.05, 0) is 18.4 Å². The number of benzene rings is 1. The first-order valence-corrected chi connectivity index (χ1v) is 8.93. The maximum absolute atomic E-state index is 12.0. The molecule has 3 rings (SSSR count). The molecule has 4 heteroatoms. The Morgan fingerprint density at radius 3 is 2.64 bits per heavy atom. The number of hydrogen-bond acceptors (Lipinski definition) is 3. The van der Waals surface area contributed by atoms with Gasteiger partial charge >= 0.3 is 0 Å². The molecule has 1 heterocycles. The number of thioether (sulfide) groups is 1. The van der Waals surface area contributed by atoms with E-state index in [1.165, 1.54) is 37.7 Å². The maximum atomic E-state index is 12.0. The summed E-state index contributed by atoms with van der Waals surface area (Å²) in [7, 11) is 0. The molecule has 1 aliphatic rings. The lowest BCUT2D eigenvalue weighted by Crippen LogP contribution is -2.15. The Hall–Kier alpha value is -1.55. The van der Waals surface area contributed by atoms with Crippen LogP contribution in [0, 0.1) is 0 Å². The van der Waals surface area contributed by atoms with Crippen LogP contribution in [0.15, 0.2) is 46.3 Å². The second-order valence-corrected chi connectivity index (χ2v) is 7.27. The van der Waals surface area contributed by atoms with E-state index in [-0.39, 0.29) is 11.5 Å². The number of nitrogens with zero attached hydrogens (tertiary/aromatic N) is 1. The summed E-state index contributed by atoms with van der Waals surface area (Å²) in [5, 5.41) is 1.37. The summed E-state index contributed by atoms with van der Waals surface area (Å²) in [5.41, 5.74) is 1.99. The highest BCUT2D eigenvalue weighted by molar-refractivity contribution is 7.99. The van der Waals surface area contributed by atoms with E-state index < -0.39 is 0 Å². The van der Waals surface area contributed by atoms with Crippen molar-refractivity contribution in [2.45, 2.75) is 55.4 Å². The SMILES string of the molecule is C[C@H](c1ccccc1)c1cc(=O)[nH]c(SC2CCCCC2)n1. The zero-order valence-corrected chi connectivity index (χ0v) is 13.7. The third-order valence-electron chi connectivity index (χ3n) is 4.31. The zero-order valence-electron chi connectivity index (χ0n) is 12.9. The van der Waals surface area contributed by atoms with Crippen molar-refractivity contribution >= 4 is 11.8 Å². The van der Waals surface area contributed by atoms with Crippen LogP contribution in [0.5, 0.6) is 0 Å². The van der Waals surface area contributed by atoms with Gasteiger partial charge in [-0.3, -0.25) is 4.79 Å². The molecule has 1 atom stereocenters. The number of H-pyrrole nitrogens is 1.